The number of nitrogens with one attached hydrogen (secondary N) is 2. The summed E-state index contributed by atoms with van der Waals surface area (Å²) in [5, 5.41) is 9.86. The molecule has 2 N–H and O–H groups in total. The van der Waals surface area contributed by atoms with E-state index >= 15 is 0 Å². The molecule has 0 radical (unpaired) electrons. The number of halogens is 1. The first-order valence-electron chi connectivity index (χ1n) is 8.48. The Morgan fingerprint density at radius 1 is 1.46 bits per heavy atom. The van der Waals surface area contributed by atoms with Crippen LogP contribution in [0.15, 0.2) is 28.7 Å². The van der Waals surface area contributed by atoms with Crippen LogP contribution in [0.25, 0.3) is 0 Å². The molecule has 1 unspecified atom stereocenters. The fourth-order valence-electron chi connectivity index (χ4n) is 3.10. The zero-order chi connectivity index (χ0) is 18.7. The van der Waals surface area contributed by atoms with E-state index in [0.29, 0.717) is 24.3 Å². The molecule has 0 saturated carbocycles. The number of carbonyl (C=O) groups excluding carboxylic acids is 2. The highest BCUT2D eigenvalue weighted by Gasteiger charge is 2.35. The summed E-state index contributed by atoms with van der Waals surface area (Å²) in [6, 6.07) is 7.53. The molecule has 0 bridgehead atoms. The Morgan fingerprint density at radius 2 is 2.23 bits per heavy atom. The van der Waals surface area contributed by atoms with Crippen molar-refractivity contribution in [1.82, 2.24) is 20.1 Å². The molecular weight excluding hydrogens is 418 g/mol. The molecule has 0 aliphatic carbocycles. The molecule has 7 nitrogen and oxygen atoms in total. The van der Waals surface area contributed by atoms with Crippen LogP contribution in [-0.2, 0) is 22.6 Å². The topological polar surface area (TPSA) is 83.0 Å². The van der Waals surface area contributed by atoms with Gasteiger partial charge in [0.05, 0.1) is 11.6 Å². The summed E-state index contributed by atoms with van der Waals surface area (Å²) in [6.07, 6.45) is 0.808. The van der Waals surface area contributed by atoms with Gasteiger partial charge in [-0.05, 0) is 47.2 Å². The molecule has 138 valence electrons. The second-order valence-corrected chi connectivity index (χ2v) is 7.33. The Morgan fingerprint density at radius 3 is 2.96 bits per heavy atom. The van der Waals surface area contributed by atoms with E-state index < -0.39 is 0 Å². The van der Waals surface area contributed by atoms with Gasteiger partial charge < -0.3 is 14.8 Å². The van der Waals surface area contributed by atoms with Crippen molar-refractivity contribution in [1.29, 1.82) is 0 Å². The Balaban J connectivity index is 1.57. The van der Waals surface area contributed by atoms with Gasteiger partial charge in [0.2, 0.25) is 11.8 Å². The molecule has 2 aromatic rings. The summed E-state index contributed by atoms with van der Waals surface area (Å²) in [7, 11) is 0. The smallest absolute Gasteiger partial charge is 0.227 e. The first kappa shape index (κ1) is 18.8. The van der Waals surface area contributed by atoms with Gasteiger partial charge in [0.1, 0.15) is 5.82 Å². The van der Waals surface area contributed by atoms with E-state index in [1.165, 1.54) is 0 Å². The van der Waals surface area contributed by atoms with Crippen molar-refractivity contribution < 1.29 is 9.59 Å². The van der Waals surface area contributed by atoms with E-state index in [2.05, 4.69) is 31.4 Å². The Labute approximate surface area is 164 Å². The van der Waals surface area contributed by atoms with Crippen LogP contribution in [-0.4, -0.2) is 39.7 Å². The summed E-state index contributed by atoms with van der Waals surface area (Å²) >= 11 is 8.61. The summed E-state index contributed by atoms with van der Waals surface area (Å²) in [5.41, 5.74) is 0.797. The van der Waals surface area contributed by atoms with Gasteiger partial charge in [0.15, 0.2) is 4.77 Å². The maximum Gasteiger partial charge on any atom is 0.227 e. The minimum Gasteiger partial charge on any atom is -0.355 e. The van der Waals surface area contributed by atoms with Crippen LogP contribution in [0.2, 0.25) is 0 Å². The van der Waals surface area contributed by atoms with Gasteiger partial charge in [-0.1, -0.05) is 12.1 Å². The van der Waals surface area contributed by atoms with Crippen LogP contribution in [0, 0.1) is 10.7 Å². The highest BCUT2D eigenvalue weighted by molar-refractivity contribution is 9.10. The number of hydrogen-bond acceptors (Lipinski definition) is 4. The average molecular weight is 438 g/mol. The van der Waals surface area contributed by atoms with Crippen LogP contribution < -0.4 is 10.2 Å². The molecule has 1 aliphatic rings. The van der Waals surface area contributed by atoms with Crippen molar-refractivity contribution in [2.45, 2.75) is 26.3 Å². The number of benzene rings is 1. The van der Waals surface area contributed by atoms with Crippen LogP contribution >= 0.6 is 28.1 Å². The number of rotatable bonds is 6. The van der Waals surface area contributed by atoms with Gasteiger partial charge in [-0.2, -0.15) is 5.10 Å². The van der Waals surface area contributed by atoms with E-state index in [4.69, 9.17) is 12.2 Å². The lowest BCUT2D eigenvalue weighted by molar-refractivity contribution is -0.126. The van der Waals surface area contributed by atoms with E-state index in [0.717, 1.165) is 22.5 Å². The predicted molar refractivity (Wildman–Crippen MR) is 104 cm³/mol. The zero-order valence-electron chi connectivity index (χ0n) is 14.4. The molecule has 0 spiro atoms. The lowest BCUT2D eigenvalue weighted by atomic mass is 10.1. The molecule has 1 saturated heterocycles. The molecule has 2 heterocycles. The van der Waals surface area contributed by atoms with Crippen molar-refractivity contribution >= 4 is 45.6 Å². The average Bonchev–Trinajstić information content (AvgIpc) is 3.18. The SMILES string of the molecule is CCn1c(CCNC(=O)C2CC(=O)N(c3ccccc3Br)C2)n[nH]c1=S. The number of aromatic nitrogens is 3. The molecule has 3 rings (SSSR count). The molecule has 1 aromatic heterocycles. The summed E-state index contributed by atoms with van der Waals surface area (Å²) in [4.78, 5) is 26.4. The second kappa shape index (κ2) is 8.13. The number of hydrogen-bond donors (Lipinski definition) is 2. The second-order valence-electron chi connectivity index (χ2n) is 6.09. The summed E-state index contributed by atoms with van der Waals surface area (Å²) < 4.78 is 3.32. The van der Waals surface area contributed by atoms with E-state index in [1.807, 2.05) is 35.8 Å². The zero-order valence-corrected chi connectivity index (χ0v) is 16.8. The fraction of sp³-hybridized carbons (Fsp3) is 0.412. The maximum absolute atomic E-state index is 12.4. The number of H-pyrrole nitrogens is 1. The molecular formula is C17H20BrN5O2S. The van der Waals surface area contributed by atoms with Gasteiger partial charge in [-0.25, -0.2) is 0 Å². The van der Waals surface area contributed by atoms with Gasteiger partial charge in [-0.15, -0.1) is 0 Å². The fourth-order valence-corrected chi connectivity index (χ4v) is 3.87. The van der Waals surface area contributed by atoms with Gasteiger partial charge in [0.25, 0.3) is 0 Å². The number of para-hydroxylation sites is 1. The highest BCUT2D eigenvalue weighted by atomic mass is 79.9. The van der Waals surface area contributed by atoms with Crippen molar-refractivity contribution in [3.8, 4) is 0 Å². The molecule has 1 atom stereocenters. The number of aromatic amines is 1. The third kappa shape index (κ3) is 3.88. The molecule has 2 amide bonds. The van der Waals surface area contributed by atoms with Gasteiger partial charge in [0, 0.05) is 36.9 Å². The number of anilines is 1. The normalized spacial score (nSPS) is 16.9. The Bertz CT molecular complexity index is 878. The first-order chi connectivity index (χ1) is 12.5. The van der Waals surface area contributed by atoms with E-state index in [9.17, 15) is 9.59 Å². The molecule has 1 fully saturated rings. The predicted octanol–water partition coefficient (Wildman–Crippen LogP) is 2.43. The number of nitrogens with zero attached hydrogens (tertiary/aromatic N) is 3. The Hall–Kier alpha value is -2.00. The van der Waals surface area contributed by atoms with Crippen LogP contribution in [0.3, 0.4) is 0 Å². The van der Waals surface area contributed by atoms with Crippen LogP contribution in [0.5, 0.6) is 0 Å². The van der Waals surface area contributed by atoms with E-state index in [1.54, 1.807) is 4.90 Å². The highest BCUT2D eigenvalue weighted by Crippen LogP contribution is 2.31. The summed E-state index contributed by atoms with van der Waals surface area (Å²) in [5.74, 6) is 0.325. The molecule has 1 aromatic carbocycles. The van der Waals surface area contributed by atoms with Crippen molar-refractivity contribution in [2.75, 3.05) is 18.0 Å². The number of amides is 2. The third-order valence-corrected chi connectivity index (χ3v) is 5.42. The van der Waals surface area contributed by atoms with Crippen molar-refractivity contribution in [3.63, 3.8) is 0 Å². The lowest BCUT2D eigenvalue weighted by Crippen LogP contribution is -2.34. The standard InChI is InChI=1S/C17H20BrN5O2S/c1-2-22-14(20-21-17(22)26)7-8-19-16(25)11-9-15(24)23(10-11)13-6-4-3-5-12(13)18/h3-6,11H,2,7-10H2,1H3,(H,19,25)(H,21,26). The molecule has 26 heavy (non-hydrogen) atoms. The Kier molecular flexibility index (Phi) is 5.87. The molecule has 1 aliphatic heterocycles. The quantitative estimate of drug-likeness (QED) is 0.679. The minimum atomic E-state index is -0.346. The number of carbonyl (C=O) groups is 2. The van der Waals surface area contributed by atoms with E-state index in [-0.39, 0.29) is 24.2 Å². The van der Waals surface area contributed by atoms with Crippen LogP contribution in [0.1, 0.15) is 19.2 Å². The largest absolute Gasteiger partial charge is 0.355 e. The third-order valence-electron chi connectivity index (χ3n) is 4.44. The molecule has 9 heteroatoms. The summed E-state index contributed by atoms with van der Waals surface area (Å²) in [6.45, 7) is 3.57. The van der Waals surface area contributed by atoms with Gasteiger partial charge in [-0.3, -0.25) is 14.7 Å². The first-order valence-corrected chi connectivity index (χ1v) is 9.68. The van der Waals surface area contributed by atoms with Crippen molar-refractivity contribution in [3.05, 3.63) is 39.3 Å². The monoisotopic (exact) mass is 437 g/mol. The minimum absolute atomic E-state index is 0.0380. The van der Waals surface area contributed by atoms with Gasteiger partial charge >= 0.3 is 0 Å². The maximum atomic E-state index is 12.4. The van der Waals surface area contributed by atoms with Crippen LogP contribution in [0.4, 0.5) is 5.69 Å². The lowest BCUT2D eigenvalue weighted by Gasteiger charge is -2.18. The van der Waals surface area contributed by atoms with Crippen molar-refractivity contribution in [2.24, 2.45) is 5.92 Å².